The Morgan fingerprint density at radius 1 is 1.24 bits per heavy atom. The molecular weight excluding hydrogens is 228 g/mol. The number of hydrogen-bond acceptors (Lipinski definition) is 6. The molecule has 1 atom stereocenters. The Kier molecular flexibility index (Phi) is 4.65. The summed E-state index contributed by atoms with van der Waals surface area (Å²) in [5.74, 6) is -1.32. The van der Waals surface area contributed by atoms with Crippen LogP contribution in [0.2, 0.25) is 0 Å². The minimum absolute atomic E-state index is 0.0287. The Morgan fingerprint density at radius 2 is 1.82 bits per heavy atom. The molecule has 0 aromatic heterocycles. The largest absolute Gasteiger partial charge is 0.492 e. The van der Waals surface area contributed by atoms with Crippen LogP contribution in [0.25, 0.3) is 0 Å². The molecule has 0 aromatic rings. The van der Waals surface area contributed by atoms with Crippen molar-refractivity contribution in [1.29, 1.82) is 0 Å². The molecule has 0 radical (unpaired) electrons. The van der Waals surface area contributed by atoms with Crippen LogP contribution in [0.4, 0.5) is 0 Å². The Labute approximate surface area is 99.5 Å². The monoisotopic (exact) mass is 244 g/mol. The van der Waals surface area contributed by atoms with Crippen LogP contribution in [0.3, 0.4) is 0 Å². The van der Waals surface area contributed by atoms with Gasteiger partial charge in [-0.05, 0) is 0 Å². The van der Waals surface area contributed by atoms with Gasteiger partial charge >= 0.3 is 5.97 Å². The van der Waals surface area contributed by atoms with Crippen molar-refractivity contribution in [3.05, 3.63) is 11.3 Å². The van der Waals surface area contributed by atoms with Crippen LogP contribution in [-0.2, 0) is 28.5 Å². The molecule has 0 saturated heterocycles. The molecule has 0 heterocycles. The van der Waals surface area contributed by atoms with Gasteiger partial charge in [0.05, 0.1) is 25.7 Å². The molecule has 1 aliphatic rings. The third-order valence-electron chi connectivity index (χ3n) is 2.68. The number of hydrogen-bond donors (Lipinski definition) is 0. The number of ketones is 1. The zero-order valence-corrected chi connectivity index (χ0v) is 10.3. The highest BCUT2D eigenvalue weighted by Gasteiger charge is 2.42. The van der Waals surface area contributed by atoms with E-state index in [9.17, 15) is 9.59 Å². The maximum absolute atomic E-state index is 11.7. The average Bonchev–Trinajstić information content (AvgIpc) is 2.66. The first-order valence-corrected chi connectivity index (χ1v) is 5.05. The van der Waals surface area contributed by atoms with Gasteiger partial charge < -0.3 is 18.9 Å². The van der Waals surface area contributed by atoms with Gasteiger partial charge in [0.15, 0.2) is 17.8 Å². The summed E-state index contributed by atoms with van der Waals surface area (Å²) in [7, 11) is 5.47. The number of carbonyl (C=O) groups is 2. The minimum atomic E-state index is -0.680. The Hall–Kier alpha value is -1.40. The van der Waals surface area contributed by atoms with Crippen molar-refractivity contribution in [2.24, 2.45) is 5.92 Å². The van der Waals surface area contributed by atoms with E-state index in [0.717, 1.165) is 0 Å². The zero-order chi connectivity index (χ0) is 13.0. The second-order valence-electron chi connectivity index (χ2n) is 3.51. The molecule has 0 bridgehead atoms. The van der Waals surface area contributed by atoms with E-state index in [1.54, 1.807) is 0 Å². The third kappa shape index (κ3) is 2.48. The number of ether oxygens (including phenoxy) is 4. The van der Waals surface area contributed by atoms with Crippen molar-refractivity contribution in [2.45, 2.75) is 12.7 Å². The molecule has 0 spiro atoms. The molecular formula is C11H16O6. The Morgan fingerprint density at radius 3 is 2.24 bits per heavy atom. The molecule has 6 nitrogen and oxygen atoms in total. The van der Waals surface area contributed by atoms with Gasteiger partial charge in [0, 0.05) is 20.6 Å². The number of Topliss-reactive ketones (excluding diaryl/α,β-unsaturated/α-hetero) is 1. The summed E-state index contributed by atoms with van der Waals surface area (Å²) < 4.78 is 19.7. The molecule has 0 fully saturated rings. The summed E-state index contributed by atoms with van der Waals surface area (Å²) in [6, 6.07) is 0. The fraction of sp³-hybridized carbons (Fsp3) is 0.636. The first kappa shape index (κ1) is 13.7. The molecule has 1 rings (SSSR count). The predicted octanol–water partition coefficient (Wildman–Crippen LogP) is 0.268. The summed E-state index contributed by atoms with van der Waals surface area (Å²) in [6.45, 7) is 0. The van der Waals surface area contributed by atoms with Gasteiger partial charge in [-0.3, -0.25) is 4.79 Å². The molecule has 0 aromatic carbocycles. The smallest absolute Gasteiger partial charge is 0.338 e. The van der Waals surface area contributed by atoms with Crippen LogP contribution in [0.15, 0.2) is 11.3 Å². The van der Waals surface area contributed by atoms with Gasteiger partial charge in [-0.15, -0.1) is 0 Å². The minimum Gasteiger partial charge on any atom is -0.492 e. The number of rotatable bonds is 5. The maximum atomic E-state index is 11.7. The molecule has 1 unspecified atom stereocenters. The van der Waals surface area contributed by atoms with Crippen molar-refractivity contribution >= 4 is 11.8 Å². The summed E-state index contributed by atoms with van der Waals surface area (Å²) in [5.41, 5.74) is 0.175. The van der Waals surface area contributed by atoms with Crippen molar-refractivity contribution < 1.29 is 28.5 Å². The first-order valence-electron chi connectivity index (χ1n) is 5.05. The lowest BCUT2D eigenvalue weighted by Crippen LogP contribution is -2.28. The number of allylic oxidation sites excluding steroid dienone is 1. The van der Waals surface area contributed by atoms with Crippen LogP contribution in [0.5, 0.6) is 0 Å². The Bertz CT molecular complexity index is 342. The van der Waals surface area contributed by atoms with E-state index in [2.05, 4.69) is 4.74 Å². The Balaban J connectivity index is 3.12. The lowest BCUT2D eigenvalue weighted by atomic mass is 10.0. The van der Waals surface area contributed by atoms with Gasteiger partial charge in [0.2, 0.25) is 0 Å². The van der Waals surface area contributed by atoms with Gasteiger partial charge in [0.25, 0.3) is 0 Å². The molecule has 0 aliphatic heterocycles. The van der Waals surface area contributed by atoms with Crippen molar-refractivity contribution in [2.75, 3.05) is 28.4 Å². The molecule has 1 aliphatic carbocycles. The van der Waals surface area contributed by atoms with Crippen molar-refractivity contribution in [1.82, 2.24) is 0 Å². The summed E-state index contributed by atoms with van der Waals surface area (Å²) in [5, 5.41) is 0. The lowest BCUT2D eigenvalue weighted by molar-refractivity contribution is -0.146. The van der Waals surface area contributed by atoms with Crippen molar-refractivity contribution in [3.63, 3.8) is 0 Å². The molecule has 6 heteroatoms. The normalized spacial score (nSPS) is 20.1. The van der Waals surface area contributed by atoms with Gasteiger partial charge in [-0.25, -0.2) is 4.79 Å². The van der Waals surface area contributed by atoms with Gasteiger partial charge in [-0.2, -0.15) is 0 Å². The predicted molar refractivity (Wildman–Crippen MR) is 57.0 cm³/mol. The fourth-order valence-electron chi connectivity index (χ4n) is 1.95. The molecule has 0 amide bonds. The molecule has 17 heavy (non-hydrogen) atoms. The second kappa shape index (κ2) is 5.79. The van der Waals surface area contributed by atoms with Gasteiger partial charge in [-0.1, -0.05) is 0 Å². The van der Waals surface area contributed by atoms with E-state index < -0.39 is 18.2 Å². The van der Waals surface area contributed by atoms with Crippen LogP contribution in [0.1, 0.15) is 6.42 Å². The van der Waals surface area contributed by atoms with E-state index >= 15 is 0 Å². The van der Waals surface area contributed by atoms with E-state index in [1.165, 1.54) is 28.4 Å². The average molecular weight is 244 g/mol. The first-order chi connectivity index (χ1) is 8.10. The summed E-state index contributed by atoms with van der Waals surface area (Å²) >= 11 is 0. The topological polar surface area (TPSA) is 71.1 Å². The van der Waals surface area contributed by atoms with Crippen LogP contribution < -0.4 is 0 Å². The highest BCUT2D eigenvalue weighted by molar-refractivity contribution is 6.06. The van der Waals surface area contributed by atoms with E-state index in [4.69, 9.17) is 14.2 Å². The van der Waals surface area contributed by atoms with Crippen LogP contribution in [-0.4, -0.2) is 46.5 Å². The van der Waals surface area contributed by atoms with Crippen LogP contribution >= 0.6 is 0 Å². The maximum Gasteiger partial charge on any atom is 0.338 e. The second-order valence-corrected chi connectivity index (χ2v) is 3.51. The summed E-state index contributed by atoms with van der Waals surface area (Å²) in [4.78, 5) is 23.3. The highest BCUT2D eigenvalue weighted by Crippen LogP contribution is 2.34. The molecule has 0 N–H and O–H groups in total. The molecule has 96 valence electrons. The SMILES string of the molecule is COC(=O)C1=C(OC)C(=O)CC1C(OC)OC. The standard InChI is InChI=1S/C11H16O6/c1-14-9-7(12)5-6(11(16-3)17-4)8(9)10(13)15-2/h6,11H,5H2,1-4H3. The number of carbonyl (C=O) groups excluding carboxylic acids is 2. The van der Waals surface area contributed by atoms with Crippen molar-refractivity contribution in [3.8, 4) is 0 Å². The number of methoxy groups -OCH3 is 4. The number of esters is 1. The van der Waals surface area contributed by atoms with Gasteiger partial charge in [0.1, 0.15) is 0 Å². The van der Waals surface area contributed by atoms with E-state index in [1.807, 2.05) is 0 Å². The lowest BCUT2D eigenvalue weighted by Gasteiger charge is -2.21. The molecule has 0 saturated carbocycles. The van der Waals surface area contributed by atoms with E-state index in [0.29, 0.717) is 0 Å². The third-order valence-corrected chi connectivity index (χ3v) is 2.68. The fourth-order valence-corrected chi connectivity index (χ4v) is 1.95. The van der Waals surface area contributed by atoms with Crippen LogP contribution in [0, 0.1) is 5.92 Å². The quantitative estimate of drug-likeness (QED) is 0.510. The summed E-state index contributed by atoms with van der Waals surface area (Å²) in [6.07, 6.45) is -0.569. The highest BCUT2D eigenvalue weighted by atomic mass is 16.7. The van der Waals surface area contributed by atoms with E-state index in [-0.39, 0.29) is 23.5 Å². The zero-order valence-electron chi connectivity index (χ0n) is 10.3.